The van der Waals surface area contributed by atoms with Crippen molar-refractivity contribution >= 4 is 33.0 Å². The first-order chi connectivity index (χ1) is 14.2. The number of rotatable bonds is 6. The second-order valence-electron chi connectivity index (χ2n) is 6.66. The Morgan fingerprint density at radius 3 is 2.17 bits per heavy atom. The lowest BCUT2D eigenvalue weighted by molar-refractivity contribution is -0.385. The Hall–Kier alpha value is -3.72. The van der Waals surface area contributed by atoms with Crippen LogP contribution in [0.4, 0.5) is 17.1 Å². The fraction of sp³-hybridized carbons (Fsp3) is 0.0952. The molecule has 0 heterocycles. The van der Waals surface area contributed by atoms with Crippen LogP contribution in [-0.2, 0) is 10.0 Å². The van der Waals surface area contributed by atoms with E-state index in [0.29, 0.717) is 11.4 Å². The van der Waals surface area contributed by atoms with Crippen LogP contribution in [0.3, 0.4) is 0 Å². The van der Waals surface area contributed by atoms with Crippen molar-refractivity contribution in [3.63, 3.8) is 0 Å². The van der Waals surface area contributed by atoms with E-state index in [1.165, 1.54) is 48.5 Å². The molecule has 2 N–H and O–H groups in total. The second kappa shape index (κ2) is 8.34. The number of sulfonamides is 1. The molecule has 0 spiro atoms. The topological polar surface area (TPSA) is 118 Å². The van der Waals surface area contributed by atoms with Gasteiger partial charge in [0.1, 0.15) is 5.56 Å². The third-order valence-electron chi connectivity index (χ3n) is 4.53. The van der Waals surface area contributed by atoms with E-state index < -0.39 is 20.9 Å². The highest BCUT2D eigenvalue weighted by Gasteiger charge is 2.20. The Bertz CT molecular complexity index is 1220. The Morgan fingerprint density at radius 2 is 1.53 bits per heavy atom. The lowest BCUT2D eigenvalue weighted by Gasteiger charge is -2.11. The monoisotopic (exact) mass is 425 g/mol. The van der Waals surface area contributed by atoms with Crippen molar-refractivity contribution in [3.8, 4) is 0 Å². The summed E-state index contributed by atoms with van der Waals surface area (Å²) in [6, 6.07) is 16.4. The number of carbonyl (C=O) groups excluding carboxylic acids is 1. The molecule has 30 heavy (non-hydrogen) atoms. The number of hydrogen-bond donors (Lipinski definition) is 2. The predicted octanol–water partition coefficient (Wildman–Crippen LogP) is 4.26. The maximum atomic E-state index is 12.6. The van der Waals surface area contributed by atoms with Gasteiger partial charge in [-0.15, -0.1) is 0 Å². The summed E-state index contributed by atoms with van der Waals surface area (Å²) < 4.78 is 27.7. The number of aryl methyl sites for hydroxylation is 2. The molecule has 0 aliphatic rings. The summed E-state index contributed by atoms with van der Waals surface area (Å²) in [5.41, 5.74) is 2.37. The van der Waals surface area contributed by atoms with Crippen LogP contribution in [0.5, 0.6) is 0 Å². The van der Waals surface area contributed by atoms with E-state index in [9.17, 15) is 23.3 Å². The van der Waals surface area contributed by atoms with Crippen molar-refractivity contribution in [3.05, 3.63) is 93.5 Å². The van der Waals surface area contributed by atoms with Gasteiger partial charge in [-0.05, 0) is 67.4 Å². The lowest BCUT2D eigenvalue weighted by Crippen LogP contribution is -2.15. The van der Waals surface area contributed by atoms with Crippen LogP contribution in [0.15, 0.2) is 71.6 Å². The zero-order chi connectivity index (χ0) is 21.9. The van der Waals surface area contributed by atoms with Gasteiger partial charge in [0.25, 0.3) is 21.6 Å². The largest absolute Gasteiger partial charge is 0.322 e. The maximum Gasteiger partial charge on any atom is 0.282 e. The van der Waals surface area contributed by atoms with Crippen LogP contribution in [0, 0.1) is 24.0 Å². The maximum absolute atomic E-state index is 12.6. The number of hydrogen-bond acceptors (Lipinski definition) is 5. The quantitative estimate of drug-likeness (QED) is 0.452. The molecule has 0 aliphatic heterocycles. The second-order valence-corrected chi connectivity index (χ2v) is 8.34. The molecule has 8 nitrogen and oxygen atoms in total. The molecule has 0 fully saturated rings. The van der Waals surface area contributed by atoms with Gasteiger partial charge < -0.3 is 5.32 Å². The molecule has 3 aromatic carbocycles. The van der Waals surface area contributed by atoms with Gasteiger partial charge >= 0.3 is 0 Å². The van der Waals surface area contributed by atoms with E-state index in [0.717, 1.165) is 11.1 Å². The van der Waals surface area contributed by atoms with Crippen molar-refractivity contribution < 1.29 is 18.1 Å². The van der Waals surface area contributed by atoms with Gasteiger partial charge in [-0.2, -0.15) is 0 Å². The Labute approximate surface area is 173 Å². The first kappa shape index (κ1) is 21.0. The number of nitrogens with zero attached hydrogens (tertiary/aromatic N) is 1. The van der Waals surface area contributed by atoms with Crippen LogP contribution in [0.1, 0.15) is 21.5 Å². The molecule has 154 valence electrons. The first-order valence-electron chi connectivity index (χ1n) is 8.92. The molecule has 0 aliphatic carbocycles. The number of nitrogens with one attached hydrogen (secondary N) is 2. The highest BCUT2D eigenvalue weighted by atomic mass is 32.2. The first-order valence-corrected chi connectivity index (χ1v) is 10.4. The number of amides is 1. The van der Waals surface area contributed by atoms with Crippen molar-refractivity contribution in [1.82, 2.24) is 0 Å². The molecule has 3 aromatic rings. The normalized spacial score (nSPS) is 11.0. The molecule has 3 rings (SSSR count). The molecular formula is C21H19N3O5S. The number of anilines is 2. The van der Waals surface area contributed by atoms with Gasteiger partial charge in [0.2, 0.25) is 0 Å². The van der Waals surface area contributed by atoms with Crippen molar-refractivity contribution in [2.45, 2.75) is 18.7 Å². The van der Waals surface area contributed by atoms with Gasteiger partial charge in [-0.3, -0.25) is 19.6 Å². The summed E-state index contributed by atoms with van der Waals surface area (Å²) in [6.45, 7) is 3.83. The fourth-order valence-corrected chi connectivity index (χ4v) is 3.81. The summed E-state index contributed by atoms with van der Waals surface area (Å²) in [4.78, 5) is 22.8. The predicted molar refractivity (Wildman–Crippen MR) is 114 cm³/mol. The number of para-hydroxylation sites is 1. The molecule has 0 radical (unpaired) electrons. The van der Waals surface area contributed by atoms with Crippen molar-refractivity contribution in [2.24, 2.45) is 0 Å². The van der Waals surface area contributed by atoms with Crippen LogP contribution >= 0.6 is 0 Å². The van der Waals surface area contributed by atoms with Gasteiger partial charge in [0.05, 0.1) is 9.82 Å². The average molecular weight is 425 g/mol. The molecular weight excluding hydrogens is 406 g/mol. The molecule has 0 saturated carbocycles. The SMILES string of the molecule is Cc1ccc(NS(=O)(=O)c2ccc(NC(=O)c3ccccc3[N+](=O)[O-])cc2)cc1C. The Morgan fingerprint density at radius 1 is 0.900 bits per heavy atom. The highest BCUT2D eigenvalue weighted by molar-refractivity contribution is 7.92. The summed E-state index contributed by atoms with van der Waals surface area (Å²) in [5.74, 6) is -0.661. The van der Waals surface area contributed by atoms with Crippen LogP contribution in [0.25, 0.3) is 0 Å². The van der Waals surface area contributed by atoms with Crippen LogP contribution < -0.4 is 10.0 Å². The molecule has 0 aromatic heterocycles. The standard InChI is InChI=1S/C21H19N3O5S/c1-14-7-8-17(13-15(14)2)23-30(28,29)18-11-9-16(10-12-18)22-21(25)19-5-3-4-6-20(19)24(26)27/h3-13,23H,1-2H3,(H,22,25). The van der Waals surface area contributed by atoms with E-state index >= 15 is 0 Å². The fourth-order valence-electron chi connectivity index (χ4n) is 2.76. The van der Waals surface area contributed by atoms with Crippen molar-refractivity contribution in [1.29, 1.82) is 0 Å². The lowest BCUT2D eigenvalue weighted by atomic mass is 10.1. The molecule has 9 heteroatoms. The zero-order valence-corrected chi connectivity index (χ0v) is 17.1. The Balaban J connectivity index is 1.76. The van der Waals surface area contributed by atoms with E-state index in [1.54, 1.807) is 12.1 Å². The minimum absolute atomic E-state index is 0.0180. The average Bonchev–Trinajstić information content (AvgIpc) is 2.71. The smallest absolute Gasteiger partial charge is 0.282 e. The number of benzene rings is 3. The minimum Gasteiger partial charge on any atom is -0.322 e. The molecule has 1 amide bonds. The van der Waals surface area contributed by atoms with Gasteiger partial charge in [0, 0.05) is 17.4 Å². The number of nitro groups is 1. The Kier molecular flexibility index (Phi) is 5.84. The molecule has 0 bridgehead atoms. The summed E-state index contributed by atoms with van der Waals surface area (Å²) >= 11 is 0. The summed E-state index contributed by atoms with van der Waals surface area (Å²) in [7, 11) is -3.81. The minimum atomic E-state index is -3.81. The van der Waals surface area contributed by atoms with E-state index in [1.807, 2.05) is 19.9 Å². The third-order valence-corrected chi connectivity index (χ3v) is 5.92. The van der Waals surface area contributed by atoms with Gasteiger partial charge in [0.15, 0.2) is 0 Å². The third kappa shape index (κ3) is 4.64. The van der Waals surface area contributed by atoms with Gasteiger partial charge in [-0.1, -0.05) is 18.2 Å². The van der Waals surface area contributed by atoms with Crippen LogP contribution in [0.2, 0.25) is 0 Å². The van der Waals surface area contributed by atoms with E-state index in [-0.39, 0.29) is 16.1 Å². The summed E-state index contributed by atoms with van der Waals surface area (Å²) in [5, 5.41) is 13.6. The van der Waals surface area contributed by atoms with Gasteiger partial charge in [-0.25, -0.2) is 8.42 Å². The van der Waals surface area contributed by atoms with Crippen molar-refractivity contribution in [2.75, 3.05) is 10.0 Å². The number of nitro benzene ring substituents is 1. The number of carbonyl (C=O) groups is 1. The van der Waals surface area contributed by atoms with E-state index in [4.69, 9.17) is 0 Å². The highest BCUT2D eigenvalue weighted by Crippen LogP contribution is 2.22. The molecule has 0 atom stereocenters. The molecule has 0 unspecified atom stereocenters. The van der Waals surface area contributed by atoms with E-state index in [2.05, 4.69) is 10.0 Å². The summed E-state index contributed by atoms with van der Waals surface area (Å²) in [6.07, 6.45) is 0. The molecule has 0 saturated heterocycles. The van der Waals surface area contributed by atoms with Crippen LogP contribution in [-0.4, -0.2) is 19.2 Å². The zero-order valence-electron chi connectivity index (χ0n) is 16.2.